The summed E-state index contributed by atoms with van der Waals surface area (Å²) in [5.74, 6) is -1.30. The summed E-state index contributed by atoms with van der Waals surface area (Å²) in [7, 11) is 1.38. The van der Waals surface area contributed by atoms with Crippen molar-refractivity contribution in [3.8, 4) is 0 Å². The number of hydrogen-bond acceptors (Lipinski definition) is 4. The van der Waals surface area contributed by atoms with Gasteiger partial charge in [-0.15, -0.1) is 0 Å². The van der Waals surface area contributed by atoms with Crippen LogP contribution in [0.5, 0.6) is 0 Å². The Morgan fingerprint density at radius 2 is 2.06 bits per heavy atom. The molecule has 0 aromatic heterocycles. The third-order valence-corrected chi connectivity index (χ3v) is 2.55. The molecule has 0 aliphatic carbocycles. The average Bonchev–Trinajstić information content (AvgIpc) is 2.35. The minimum atomic E-state index is -0.687. The van der Waals surface area contributed by atoms with Gasteiger partial charge in [-0.05, 0) is 40.8 Å². The summed E-state index contributed by atoms with van der Waals surface area (Å²) < 4.78 is 5.64. The topological polar surface area (TPSA) is 84.5 Å². The van der Waals surface area contributed by atoms with Crippen molar-refractivity contribution < 1.29 is 19.1 Å². The number of carbonyl (C=O) groups excluding carboxylic acids is 3. The molecule has 0 spiro atoms. The molecule has 0 saturated heterocycles. The van der Waals surface area contributed by atoms with E-state index in [9.17, 15) is 14.4 Å². The van der Waals surface area contributed by atoms with Crippen LogP contribution in [0.15, 0.2) is 24.3 Å². The molecule has 1 aromatic carbocycles. The number of imide groups is 1. The van der Waals surface area contributed by atoms with E-state index in [1.54, 1.807) is 18.2 Å². The van der Waals surface area contributed by atoms with Gasteiger partial charge in [-0.25, -0.2) is 9.59 Å². The molecule has 0 atom stereocenters. The van der Waals surface area contributed by atoms with Crippen molar-refractivity contribution in [1.82, 2.24) is 10.6 Å². The van der Waals surface area contributed by atoms with E-state index < -0.39 is 24.5 Å². The van der Waals surface area contributed by atoms with E-state index in [4.69, 9.17) is 4.74 Å². The summed E-state index contributed by atoms with van der Waals surface area (Å²) in [6, 6.07) is 6.12. The van der Waals surface area contributed by atoms with Crippen molar-refractivity contribution in [2.45, 2.75) is 0 Å². The number of esters is 1. The Balaban J connectivity index is 2.46. The van der Waals surface area contributed by atoms with Crippen molar-refractivity contribution in [3.63, 3.8) is 0 Å². The molecule has 18 heavy (non-hydrogen) atoms. The first-order valence-corrected chi connectivity index (χ1v) is 6.05. The van der Waals surface area contributed by atoms with E-state index in [0.29, 0.717) is 5.56 Å². The minimum absolute atomic E-state index is 0.356. The van der Waals surface area contributed by atoms with E-state index in [-0.39, 0.29) is 0 Å². The fourth-order valence-corrected chi connectivity index (χ4v) is 1.60. The summed E-state index contributed by atoms with van der Waals surface area (Å²) in [6.07, 6.45) is 0. The van der Waals surface area contributed by atoms with Crippen molar-refractivity contribution in [2.24, 2.45) is 0 Å². The Kier molecular flexibility index (Phi) is 5.56. The summed E-state index contributed by atoms with van der Waals surface area (Å²) in [5.41, 5.74) is 0.356. The Bertz CT molecular complexity index is 476. The predicted molar refractivity (Wildman–Crippen MR) is 72.0 cm³/mol. The highest BCUT2D eigenvalue weighted by molar-refractivity contribution is 14.1. The maximum Gasteiger partial charge on any atom is 0.338 e. The van der Waals surface area contributed by atoms with Crippen LogP contribution in [0.25, 0.3) is 0 Å². The standard InChI is InChI=1S/C11H11IN2O4/c1-13-11(17)14-9(15)6-18-10(16)7-3-2-4-8(12)5-7/h2-5H,6H2,1H3,(H2,13,14,15,17). The zero-order chi connectivity index (χ0) is 13.5. The maximum absolute atomic E-state index is 11.6. The fourth-order valence-electron chi connectivity index (χ4n) is 1.06. The van der Waals surface area contributed by atoms with Crippen LogP contribution in [-0.2, 0) is 9.53 Å². The highest BCUT2D eigenvalue weighted by atomic mass is 127. The minimum Gasteiger partial charge on any atom is -0.452 e. The van der Waals surface area contributed by atoms with Crippen LogP contribution in [0.2, 0.25) is 0 Å². The van der Waals surface area contributed by atoms with Crippen LogP contribution >= 0.6 is 22.6 Å². The largest absolute Gasteiger partial charge is 0.452 e. The molecule has 6 nitrogen and oxygen atoms in total. The Morgan fingerprint density at radius 3 is 2.67 bits per heavy atom. The quantitative estimate of drug-likeness (QED) is 0.618. The van der Waals surface area contributed by atoms with Gasteiger partial charge >= 0.3 is 12.0 Å². The maximum atomic E-state index is 11.6. The SMILES string of the molecule is CNC(=O)NC(=O)COC(=O)c1cccc(I)c1. The number of nitrogens with one attached hydrogen (secondary N) is 2. The molecule has 1 rings (SSSR count). The average molecular weight is 362 g/mol. The monoisotopic (exact) mass is 362 g/mol. The van der Waals surface area contributed by atoms with E-state index >= 15 is 0 Å². The van der Waals surface area contributed by atoms with Gasteiger partial charge in [0.1, 0.15) is 0 Å². The van der Waals surface area contributed by atoms with Crippen LogP contribution in [0.4, 0.5) is 4.79 Å². The first-order valence-electron chi connectivity index (χ1n) is 4.97. The van der Waals surface area contributed by atoms with Crippen molar-refractivity contribution >= 4 is 40.5 Å². The molecule has 0 aliphatic rings. The fraction of sp³-hybridized carbons (Fsp3) is 0.182. The Hall–Kier alpha value is -1.64. The summed E-state index contributed by atoms with van der Waals surface area (Å²) in [5, 5.41) is 4.19. The van der Waals surface area contributed by atoms with E-state index in [0.717, 1.165) is 3.57 Å². The number of ether oxygens (including phenoxy) is 1. The second-order valence-corrected chi connectivity index (χ2v) is 4.46. The number of hydrogen-bond donors (Lipinski definition) is 2. The number of carbonyl (C=O) groups is 3. The zero-order valence-electron chi connectivity index (χ0n) is 9.53. The number of amides is 3. The summed E-state index contributed by atoms with van der Waals surface area (Å²) >= 11 is 2.06. The molecule has 0 saturated carbocycles. The first kappa shape index (κ1) is 14.4. The van der Waals surface area contributed by atoms with E-state index in [1.165, 1.54) is 7.05 Å². The van der Waals surface area contributed by atoms with Gasteiger partial charge in [-0.1, -0.05) is 6.07 Å². The van der Waals surface area contributed by atoms with Crippen molar-refractivity contribution in [2.75, 3.05) is 13.7 Å². The lowest BCUT2D eigenvalue weighted by Gasteiger charge is -2.05. The molecule has 0 unspecified atom stereocenters. The van der Waals surface area contributed by atoms with Gasteiger partial charge in [0.25, 0.3) is 5.91 Å². The molecule has 0 bridgehead atoms. The number of rotatable bonds is 3. The Labute approximate surface area is 117 Å². The molecule has 96 valence electrons. The van der Waals surface area contributed by atoms with Crippen molar-refractivity contribution in [1.29, 1.82) is 0 Å². The molecule has 0 heterocycles. The molecule has 0 aliphatic heterocycles. The summed E-state index contributed by atoms with van der Waals surface area (Å²) in [4.78, 5) is 33.5. The smallest absolute Gasteiger partial charge is 0.338 e. The predicted octanol–water partition coefficient (Wildman–Crippen LogP) is 0.904. The van der Waals surface area contributed by atoms with Gasteiger partial charge in [-0.3, -0.25) is 10.1 Å². The molecular weight excluding hydrogens is 351 g/mol. The van der Waals surface area contributed by atoms with Crippen LogP contribution in [0, 0.1) is 3.57 Å². The van der Waals surface area contributed by atoms with Gasteiger partial charge in [0.2, 0.25) is 0 Å². The molecule has 3 amide bonds. The summed E-state index contributed by atoms with van der Waals surface area (Å²) in [6.45, 7) is -0.502. The van der Waals surface area contributed by atoms with Gasteiger partial charge in [0.15, 0.2) is 6.61 Å². The normalized spacial score (nSPS) is 9.44. The second-order valence-electron chi connectivity index (χ2n) is 3.21. The molecule has 7 heteroatoms. The highest BCUT2D eigenvalue weighted by Gasteiger charge is 2.11. The molecule has 2 N–H and O–H groups in total. The van der Waals surface area contributed by atoms with Gasteiger partial charge < -0.3 is 10.1 Å². The lowest BCUT2D eigenvalue weighted by atomic mass is 10.2. The molecule has 1 aromatic rings. The van der Waals surface area contributed by atoms with Crippen LogP contribution in [-0.4, -0.2) is 31.6 Å². The first-order chi connectivity index (χ1) is 8.52. The van der Waals surface area contributed by atoms with Gasteiger partial charge in [0, 0.05) is 10.6 Å². The lowest BCUT2D eigenvalue weighted by molar-refractivity contribution is -0.123. The lowest BCUT2D eigenvalue weighted by Crippen LogP contribution is -2.39. The zero-order valence-corrected chi connectivity index (χ0v) is 11.7. The Morgan fingerprint density at radius 1 is 1.33 bits per heavy atom. The van der Waals surface area contributed by atoms with Crippen LogP contribution < -0.4 is 10.6 Å². The van der Waals surface area contributed by atoms with Crippen LogP contribution in [0.1, 0.15) is 10.4 Å². The number of benzene rings is 1. The molecule has 0 fully saturated rings. The van der Waals surface area contributed by atoms with Gasteiger partial charge in [0.05, 0.1) is 5.56 Å². The molecular formula is C11H11IN2O4. The third kappa shape index (κ3) is 4.70. The van der Waals surface area contributed by atoms with E-state index in [2.05, 4.69) is 27.9 Å². The number of halogens is 1. The third-order valence-electron chi connectivity index (χ3n) is 1.87. The number of urea groups is 1. The highest BCUT2D eigenvalue weighted by Crippen LogP contribution is 2.08. The van der Waals surface area contributed by atoms with Crippen molar-refractivity contribution in [3.05, 3.63) is 33.4 Å². The van der Waals surface area contributed by atoms with Gasteiger partial charge in [-0.2, -0.15) is 0 Å². The van der Waals surface area contributed by atoms with E-state index in [1.807, 2.05) is 11.4 Å². The van der Waals surface area contributed by atoms with Crippen LogP contribution in [0.3, 0.4) is 0 Å². The molecule has 0 radical (unpaired) electrons. The second kappa shape index (κ2) is 6.94.